The largest absolute Gasteiger partial charge is 0.369 e. The van der Waals surface area contributed by atoms with Crippen LogP contribution in [-0.4, -0.2) is 11.0 Å². The number of hydrogen-bond acceptors (Lipinski definition) is 2. The number of benzene rings is 3. The van der Waals surface area contributed by atoms with E-state index in [9.17, 15) is 9.90 Å². The van der Waals surface area contributed by atoms with Crippen molar-refractivity contribution in [3.8, 4) is 11.8 Å². The van der Waals surface area contributed by atoms with Gasteiger partial charge < -0.3 is 10.4 Å². The molecule has 0 aliphatic carbocycles. The molecule has 3 heteroatoms. The fourth-order valence-electron chi connectivity index (χ4n) is 2.64. The molecule has 128 valence electrons. The lowest BCUT2D eigenvalue weighted by molar-refractivity contribution is -0.115. The van der Waals surface area contributed by atoms with E-state index in [-0.39, 0.29) is 0 Å². The first-order valence-electron chi connectivity index (χ1n) is 8.37. The number of hydrogen-bond donors (Lipinski definition) is 2. The highest BCUT2D eigenvalue weighted by molar-refractivity contribution is 5.93. The second-order valence-corrected chi connectivity index (χ2v) is 5.86. The molecule has 0 atom stereocenters. The minimum absolute atomic E-state index is 0.392. The molecule has 0 aliphatic heterocycles. The number of amides is 1. The van der Waals surface area contributed by atoms with E-state index in [2.05, 4.69) is 17.2 Å². The number of carbonyl (C=O) groups is 1. The summed E-state index contributed by atoms with van der Waals surface area (Å²) in [6.45, 7) is 0.392. The molecule has 3 rings (SSSR count). The molecule has 3 aromatic carbocycles. The van der Waals surface area contributed by atoms with Gasteiger partial charge in [-0.3, -0.25) is 4.79 Å². The summed E-state index contributed by atoms with van der Waals surface area (Å²) in [5.41, 5.74) is 0.681. The number of aliphatic hydroxyl groups is 1. The van der Waals surface area contributed by atoms with E-state index in [1.807, 2.05) is 66.7 Å². The van der Waals surface area contributed by atoms with Crippen molar-refractivity contribution in [3.63, 3.8) is 0 Å². The van der Waals surface area contributed by atoms with Crippen molar-refractivity contribution in [2.75, 3.05) is 0 Å². The number of nitrogens with one attached hydrogen (secondary N) is 1. The monoisotopic (exact) mass is 341 g/mol. The summed E-state index contributed by atoms with van der Waals surface area (Å²) in [7, 11) is 0. The zero-order chi connectivity index (χ0) is 18.2. The highest BCUT2D eigenvalue weighted by atomic mass is 16.3. The molecule has 3 nitrogen and oxygen atoms in total. The second kappa shape index (κ2) is 8.15. The van der Waals surface area contributed by atoms with Gasteiger partial charge in [0.1, 0.15) is 0 Å². The SMILES string of the molecule is O=C(C#CC(O)(c1ccccc1)c1ccccc1)NCc1ccccc1. The molecule has 2 N–H and O–H groups in total. The van der Waals surface area contributed by atoms with Gasteiger partial charge in [-0.2, -0.15) is 0 Å². The normalized spacial score (nSPS) is 10.5. The topological polar surface area (TPSA) is 49.3 Å². The minimum Gasteiger partial charge on any atom is -0.369 e. The molecular weight excluding hydrogens is 322 g/mol. The van der Waals surface area contributed by atoms with Gasteiger partial charge in [0.2, 0.25) is 0 Å². The highest BCUT2D eigenvalue weighted by Gasteiger charge is 2.29. The van der Waals surface area contributed by atoms with Gasteiger partial charge in [-0.05, 0) is 17.4 Å². The van der Waals surface area contributed by atoms with Gasteiger partial charge in [0.15, 0.2) is 5.60 Å². The maximum absolute atomic E-state index is 12.1. The Kier molecular flexibility index (Phi) is 5.48. The lowest BCUT2D eigenvalue weighted by Gasteiger charge is -2.23. The summed E-state index contributed by atoms with van der Waals surface area (Å²) in [5, 5.41) is 14.0. The zero-order valence-corrected chi connectivity index (χ0v) is 14.2. The van der Waals surface area contributed by atoms with E-state index in [1.165, 1.54) is 0 Å². The van der Waals surface area contributed by atoms with E-state index in [0.29, 0.717) is 17.7 Å². The second-order valence-electron chi connectivity index (χ2n) is 5.86. The average molecular weight is 341 g/mol. The van der Waals surface area contributed by atoms with E-state index in [0.717, 1.165) is 5.56 Å². The summed E-state index contributed by atoms with van der Waals surface area (Å²) in [4.78, 5) is 12.1. The van der Waals surface area contributed by atoms with Crippen LogP contribution in [0.3, 0.4) is 0 Å². The van der Waals surface area contributed by atoms with Crippen molar-refractivity contribution in [1.82, 2.24) is 5.32 Å². The number of carbonyl (C=O) groups excluding carboxylic acids is 1. The van der Waals surface area contributed by atoms with Crippen LogP contribution in [0.2, 0.25) is 0 Å². The predicted molar refractivity (Wildman–Crippen MR) is 102 cm³/mol. The van der Waals surface area contributed by atoms with Gasteiger partial charge in [-0.25, -0.2) is 0 Å². The molecule has 0 bridgehead atoms. The van der Waals surface area contributed by atoms with Crippen molar-refractivity contribution in [1.29, 1.82) is 0 Å². The molecule has 26 heavy (non-hydrogen) atoms. The van der Waals surface area contributed by atoms with E-state index in [4.69, 9.17) is 0 Å². The zero-order valence-electron chi connectivity index (χ0n) is 14.2. The third-order valence-electron chi connectivity index (χ3n) is 4.04. The van der Waals surface area contributed by atoms with Gasteiger partial charge in [0, 0.05) is 17.7 Å². The number of rotatable bonds is 4. The van der Waals surface area contributed by atoms with Gasteiger partial charge in [-0.1, -0.05) is 91.0 Å². The molecule has 0 fully saturated rings. The Morgan fingerprint density at radius 2 is 1.27 bits per heavy atom. The van der Waals surface area contributed by atoms with Crippen LogP contribution in [0.25, 0.3) is 0 Å². The molecule has 0 aliphatic rings. The van der Waals surface area contributed by atoms with Gasteiger partial charge in [-0.15, -0.1) is 0 Å². The van der Waals surface area contributed by atoms with Crippen molar-refractivity contribution in [2.45, 2.75) is 12.1 Å². The fourth-order valence-corrected chi connectivity index (χ4v) is 2.64. The molecule has 0 aromatic heterocycles. The maximum Gasteiger partial charge on any atom is 0.296 e. The van der Waals surface area contributed by atoms with Crippen LogP contribution in [0.1, 0.15) is 16.7 Å². The molecule has 0 radical (unpaired) electrons. The fraction of sp³-hybridized carbons (Fsp3) is 0.0870. The van der Waals surface area contributed by atoms with Gasteiger partial charge >= 0.3 is 0 Å². The van der Waals surface area contributed by atoms with Crippen LogP contribution in [0.5, 0.6) is 0 Å². The first-order chi connectivity index (χ1) is 12.7. The Hall–Kier alpha value is -3.35. The lowest BCUT2D eigenvalue weighted by atomic mass is 9.87. The Labute approximate surface area is 153 Å². The Morgan fingerprint density at radius 1 is 0.808 bits per heavy atom. The Balaban J connectivity index is 1.83. The molecule has 0 unspecified atom stereocenters. The first kappa shape index (κ1) is 17.5. The van der Waals surface area contributed by atoms with Crippen molar-refractivity contribution < 1.29 is 9.90 Å². The van der Waals surface area contributed by atoms with Crippen molar-refractivity contribution >= 4 is 5.91 Å². The maximum atomic E-state index is 12.1. The molecule has 0 spiro atoms. The quantitative estimate of drug-likeness (QED) is 0.716. The first-order valence-corrected chi connectivity index (χ1v) is 8.37. The van der Waals surface area contributed by atoms with Crippen LogP contribution < -0.4 is 5.32 Å². The smallest absolute Gasteiger partial charge is 0.296 e. The molecule has 0 saturated carbocycles. The summed E-state index contributed by atoms with van der Waals surface area (Å²) in [6.07, 6.45) is 0. The summed E-state index contributed by atoms with van der Waals surface area (Å²) >= 11 is 0. The summed E-state index contributed by atoms with van der Waals surface area (Å²) < 4.78 is 0. The predicted octanol–water partition coefficient (Wildman–Crippen LogP) is 3.24. The highest BCUT2D eigenvalue weighted by Crippen LogP contribution is 2.28. The van der Waals surface area contributed by atoms with E-state index >= 15 is 0 Å². The lowest BCUT2D eigenvalue weighted by Crippen LogP contribution is -2.27. The van der Waals surface area contributed by atoms with Crippen molar-refractivity contribution in [3.05, 3.63) is 108 Å². The third-order valence-corrected chi connectivity index (χ3v) is 4.04. The van der Waals surface area contributed by atoms with Crippen LogP contribution in [0, 0.1) is 11.8 Å². The van der Waals surface area contributed by atoms with Crippen LogP contribution in [-0.2, 0) is 16.9 Å². The van der Waals surface area contributed by atoms with Crippen molar-refractivity contribution in [2.24, 2.45) is 0 Å². The molecule has 1 amide bonds. The molecule has 0 heterocycles. The summed E-state index contributed by atoms with van der Waals surface area (Å²) in [6, 6.07) is 27.9. The van der Waals surface area contributed by atoms with E-state index < -0.39 is 11.5 Å². The van der Waals surface area contributed by atoms with Crippen LogP contribution >= 0.6 is 0 Å². The van der Waals surface area contributed by atoms with Gasteiger partial charge in [0.25, 0.3) is 5.91 Å². The van der Waals surface area contributed by atoms with Gasteiger partial charge in [0.05, 0.1) is 0 Å². The summed E-state index contributed by atoms with van der Waals surface area (Å²) in [5.74, 6) is 4.87. The molecule has 3 aromatic rings. The average Bonchev–Trinajstić information content (AvgIpc) is 2.72. The third kappa shape index (κ3) is 4.18. The standard InChI is InChI=1S/C23H19NO2/c25-22(24-18-19-10-4-1-5-11-19)16-17-23(26,20-12-6-2-7-13-20)21-14-8-3-9-15-21/h1-15,26H,18H2,(H,24,25). The molecular formula is C23H19NO2. The van der Waals surface area contributed by atoms with Crippen LogP contribution in [0.4, 0.5) is 0 Å². The van der Waals surface area contributed by atoms with E-state index in [1.54, 1.807) is 24.3 Å². The Morgan fingerprint density at radius 3 is 1.77 bits per heavy atom. The molecule has 0 saturated heterocycles. The Bertz CT molecular complexity index is 870. The minimum atomic E-state index is -1.55. The van der Waals surface area contributed by atoms with Crippen LogP contribution in [0.15, 0.2) is 91.0 Å².